The molecule has 0 aliphatic carbocycles. The van der Waals surface area contributed by atoms with Gasteiger partial charge in [0.25, 0.3) is 5.91 Å². The van der Waals surface area contributed by atoms with Crippen LogP contribution >= 0.6 is 11.6 Å². The average molecular weight is 443 g/mol. The van der Waals surface area contributed by atoms with Crippen LogP contribution in [0.1, 0.15) is 22.3 Å². The van der Waals surface area contributed by atoms with E-state index in [2.05, 4.69) is 27.5 Å². The zero-order valence-electron chi connectivity index (χ0n) is 18.0. The van der Waals surface area contributed by atoms with E-state index in [-0.39, 0.29) is 11.8 Å². The number of hydrogen-bond donors (Lipinski definition) is 2. The number of amides is 2. The molecule has 0 saturated carbocycles. The van der Waals surface area contributed by atoms with E-state index < -0.39 is 6.04 Å². The lowest BCUT2D eigenvalue weighted by atomic mass is 10.0. The quantitative estimate of drug-likeness (QED) is 0.585. The largest absolute Gasteiger partial charge is 0.354 e. The molecule has 0 bridgehead atoms. The zero-order chi connectivity index (χ0) is 22.1. The van der Waals surface area contributed by atoms with Gasteiger partial charge in [-0.1, -0.05) is 41.9 Å². The van der Waals surface area contributed by atoms with Crippen LogP contribution in [0.15, 0.2) is 54.6 Å². The summed E-state index contributed by atoms with van der Waals surface area (Å²) in [5.74, 6) is -0.449. The molecule has 6 nitrogen and oxygen atoms in total. The third-order valence-electron chi connectivity index (χ3n) is 5.56. The van der Waals surface area contributed by atoms with Gasteiger partial charge < -0.3 is 20.4 Å². The Labute approximate surface area is 189 Å². The van der Waals surface area contributed by atoms with Crippen LogP contribution in [-0.2, 0) is 11.2 Å². The second-order valence-corrected chi connectivity index (χ2v) is 8.45. The number of nitrogens with one attached hydrogen (secondary N) is 2. The van der Waals surface area contributed by atoms with Crippen molar-refractivity contribution >= 4 is 23.4 Å². The highest BCUT2D eigenvalue weighted by molar-refractivity contribution is 6.30. The van der Waals surface area contributed by atoms with Crippen LogP contribution in [-0.4, -0.2) is 74.0 Å². The van der Waals surface area contributed by atoms with Crippen molar-refractivity contribution in [3.63, 3.8) is 0 Å². The number of rotatable bonds is 9. The zero-order valence-corrected chi connectivity index (χ0v) is 18.8. The Bertz CT molecular complexity index is 836. The molecule has 7 heteroatoms. The Morgan fingerprint density at radius 2 is 1.68 bits per heavy atom. The topological polar surface area (TPSA) is 64.7 Å². The first-order valence-electron chi connectivity index (χ1n) is 10.8. The summed E-state index contributed by atoms with van der Waals surface area (Å²) in [5.41, 5.74) is 1.47. The van der Waals surface area contributed by atoms with E-state index in [0.29, 0.717) is 23.6 Å². The minimum atomic E-state index is -0.644. The summed E-state index contributed by atoms with van der Waals surface area (Å²) in [7, 11) is 2.14. The number of carbonyl (C=O) groups excluding carboxylic acids is 2. The number of likely N-dealkylation sites (N-methyl/N-ethyl adjacent to an activating group) is 1. The molecule has 2 aromatic rings. The summed E-state index contributed by atoms with van der Waals surface area (Å²) >= 11 is 5.91. The van der Waals surface area contributed by atoms with Crippen molar-refractivity contribution in [2.45, 2.75) is 18.9 Å². The number of halogens is 1. The first-order chi connectivity index (χ1) is 15.0. The maximum atomic E-state index is 12.9. The van der Waals surface area contributed by atoms with Gasteiger partial charge in [-0.2, -0.15) is 0 Å². The number of carbonyl (C=O) groups is 2. The van der Waals surface area contributed by atoms with E-state index >= 15 is 0 Å². The highest BCUT2D eigenvalue weighted by Gasteiger charge is 2.22. The molecule has 1 unspecified atom stereocenters. The van der Waals surface area contributed by atoms with Gasteiger partial charge in [0.15, 0.2) is 0 Å². The molecule has 31 heavy (non-hydrogen) atoms. The highest BCUT2D eigenvalue weighted by Crippen LogP contribution is 2.10. The molecule has 0 aromatic heterocycles. The van der Waals surface area contributed by atoms with Crippen molar-refractivity contribution < 1.29 is 9.59 Å². The van der Waals surface area contributed by atoms with E-state index in [1.807, 2.05) is 30.3 Å². The molecular weight excluding hydrogens is 412 g/mol. The fraction of sp³-hybridized carbons (Fsp3) is 0.417. The van der Waals surface area contributed by atoms with Crippen molar-refractivity contribution in [1.29, 1.82) is 0 Å². The van der Waals surface area contributed by atoms with Crippen molar-refractivity contribution in [2.75, 3.05) is 46.3 Å². The first-order valence-corrected chi connectivity index (χ1v) is 11.2. The molecule has 2 amide bonds. The molecule has 1 heterocycles. The molecular formula is C24H31ClN4O2. The summed E-state index contributed by atoms with van der Waals surface area (Å²) in [6.07, 6.45) is 1.32. The standard InChI is InChI=1S/C24H31ClN4O2/c1-28-14-16-29(17-15-28)13-5-12-26-24(31)22(18-19-6-3-2-4-7-19)27-23(30)20-8-10-21(25)11-9-20/h2-4,6-11,22H,5,12-18H2,1H3,(H,26,31)(H,27,30). The number of benzene rings is 2. The summed E-state index contributed by atoms with van der Waals surface area (Å²) < 4.78 is 0. The molecule has 1 fully saturated rings. The summed E-state index contributed by atoms with van der Waals surface area (Å²) in [6, 6.07) is 15.7. The van der Waals surface area contributed by atoms with Crippen LogP contribution in [0.4, 0.5) is 0 Å². The van der Waals surface area contributed by atoms with Crippen molar-refractivity contribution in [3.05, 3.63) is 70.7 Å². The van der Waals surface area contributed by atoms with Gasteiger partial charge >= 0.3 is 0 Å². The molecule has 0 spiro atoms. The van der Waals surface area contributed by atoms with E-state index in [9.17, 15) is 9.59 Å². The molecule has 1 aliphatic heterocycles. The van der Waals surface area contributed by atoms with Crippen molar-refractivity contribution in [1.82, 2.24) is 20.4 Å². The van der Waals surface area contributed by atoms with Gasteiger partial charge in [0.05, 0.1) is 0 Å². The SMILES string of the molecule is CN1CCN(CCCNC(=O)C(Cc2ccccc2)NC(=O)c2ccc(Cl)cc2)CC1. The van der Waals surface area contributed by atoms with E-state index in [1.165, 1.54) is 0 Å². The van der Waals surface area contributed by atoms with Crippen LogP contribution in [0.2, 0.25) is 5.02 Å². The average Bonchev–Trinajstić information content (AvgIpc) is 2.78. The Hall–Kier alpha value is -2.41. The van der Waals surface area contributed by atoms with Gasteiger partial charge in [0.2, 0.25) is 5.91 Å². The summed E-state index contributed by atoms with van der Waals surface area (Å²) in [6.45, 7) is 5.86. The minimum Gasteiger partial charge on any atom is -0.354 e. The Balaban J connectivity index is 1.54. The third kappa shape index (κ3) is 7.65. The van der Waals surface area contributed by atoms with Crippen LogP contribution in [0, 0.1) is 0 Å². The highest BCUT2D eigenvalue weighted by atomic mass is 35.5. The second kappa shape index (κ2) is 11.8. The van der Waals surface area contributed by atoms with Crippen molar-refractivity contribution in [3.8, 4) is 0 Å². The van der Waals surface area contributed by atoms with Gasteiger partial charge in [0.1, 0.15) is 6.04 Å². The third-order valence-corrected chi connectivity index (χ3v) is 5.81. The van der Waals surface area contributed by atoms with Gasteiger partial charge in [-0.3, -0.25) is 9.59 Å². The number of hydrogen-bond acceptors (Lipinski definition) is 4. The van der Waals surface area contributed by atoms with Gasteiger partial charge in [0, 0.05) is 49.7 Å². The normalized spacial score (nSPS) is 15.9. The Morgan fingerprint density at radius 3 is 2.35 bits per heavy atom. The first kappa shape index (κ1) is 23.3. The van der Waals surface area contributed by atoms with Crippen LogP contribution in [0.5, 0.6) is 0 Å². The molecule has 1 saturated heterocycles. The Kier molecular flexibility index (Phi) is 8.88. The number of nitrogens with zero attached hydrogens (tertiary/aromatic N) is 2. The lowest BCUT2D eigenvalue weighted by Gasteiger charge is -2.32. The van der Waals surface area contributed by atoms with Crippen LogP contribution in [0.25, 0.3) is 0 Å². The van der Waals surface area contributed by atoms with E-state index in [1.54, 1.807) is 24.3 Å². The van der Waals surface area contributed by atoms with Gasteiger partial charge in [-0.25, -0.2) is 0 Å². The molecule has 1 aliphatic rings. The predicted octanol–water partition coefficient (Wildman–Crippen LogP) is 2.43. The molecule has 2 aromatic carbocycles. The fourth-order valence-electron chi connectivity index (χ4n) is 3.61. The molecule has 166 valence electrons. The van der Waals surface area contributed by atoms with Crippen LogP contribution < -0.4 is 10.6 Å². The van der Waals surface area contributed by atoms with E-state index in [0.717, 1.165) is 44.7 Å². The maximum absolute atomic E-state index is 12.9. The lowest BCUT2D eigenvalue weighted by Crippen LogP contribution is -2.49. The Morgan fingerprint density at radius 1 is 1.00 bits per heavy atom. The van der Waals surface area contributed by atoms with Crippen LogP contribution in [0.3, 0.4) is 0 Å². The minimum absolute atomic E-state index is 0.162. The molecule has 0 radical (unpaired) electrons. The number of piperazine rings is 1. The summed E-state index contributed by atoms with van der Waals surface area (Å²) in [5, 5.41) is 6.46. The van der Waals surface area contributed by atoms with Gasteiger partial charge in [-0.05, 0) is 49.8 Å². The second-order valence-electron chi connectivity index (χ2n) is 8.01. The molecule has 1 atom stereocenters. The molecule has 2 N–H and O–H groups in total. The predicted molar refractivity (Wildman–Crippen MR) is 124 cm³/mol. The summed E-state index contributed by atoms with van der Waals surface area (Å²) in [4.78, 5) is 30.3. The fourth-order valence-corrected chi connectivity index (χ4v) is 3.74. The smallest absolute Gasteiger partial charge is 0.251 e. The van der Waals surface area contributed by atoms with E-state index in [4.69, 9.17) is 11.6 Å². The van der Waals surface area contributed by atoms with Crippen molar-refractivity contribution in [2.24, 2.45) is 0 Å². The molecule has 3 rings (SSSR count). The maximum Gasteiger partial charge on any atom is 0.251 e. The monoisotopic (exact) mass is 442 g/mol. The van der Waals surface area contributed by atoms with Gasteiger partial charge in [-0.15, -0.1) is 0 Å². The lowest BCUT2D eigenvalue weighted by molar-refractivity contribution is -0.122.